The van der Waals surface area contributed by atoms with Crippen LogP contribution in [-0.2, 0) is 4.74 Å². The first-order valence-electron chi connectivity index (χ1n) is 3.79. The quantitative estimate of drug-likeness (QED) is 0.302. The lowest BCUT2D eigenvalue weighted by molar-refractivity contribution is 0.151. The highest BCUT2D eigenvalue weighted by Crippen LogP contribution is 2.02. The van der Waals surface area contributed by atoms with Crippen LogP contribution >= 0.6 is 0 Å². The molecule has 0 aromatic heterocycles. The average Bonchev–Trinajstić information content (AvgIpc) is 2.11. The van der Waals surface area contributed by atoms with Crippen LogP contribution in [0.1, 0.15) is 13.8 Å². The van der Waals surface area contributed by atoms with Crippen LogP contribution in [0.25, 0.3) is 0 Å². The molecule has 12 heavy (non-hydrogen) atoms. The smallest absolute Gasteiger partial charge is 0.0809 e. The van der Waals surface area contributed by atoms with Crippen molar-refractivity contribution in [2.24, 2.45) is 5.16 Å². The second-order valence-corrected chi connectivity index (χ2v) is 2.31. The molecule has 1 atom stereocenters. The molecule has 0 amide bonds. The fraction of sp³-hybridized carbons (Fsp3) is 0.444. The summed E-state index contributed by atoms with van der Waals surface area (Å²) in [6.07, 6.45) is 6.92. The standard InChI is InChI=1S/C9H15NO2/c1-4-5-6-9(7-10-11)8(2)12-3/h4-8,11H,1-3H3/b5-4-,9-6+,10-7+. The SMILES string of the molecule is C\C=C/C=C(\C=N\O)C(C)OC. The van der Waals surface area contributed by atoms with Crippen molar-refractivity contribution in [1.82, 2.24) is 0 Å². The number of ether oxygens (including phenoxy) is 1. The summed E-state index contributed by atoms with van der Waals surface area (Å²) in [7, 11) is 1.61. The Hall–Kier alpha value is -1.09. The molecule has 0 bridgehead atoms. The molecular formula is C9H15NO2. The number of allylic oxidation sites excluding steroid dienone is 3. The van der Waals surface area contributed by atoms with Crippen molar-refractivity contribution in [2.45, 2.75) is 20.0 Å². The van der Waals surface area contributed by atoms with Crippen molar-refractivity contribution in [2.75, 3.05) is 7.11 Å². The molecule has 0 saturated heterocycles. The number of nitrogens with zero attached hydrogens (tertiary/aromatic N) is 1. The molecule has 0 fully saturated rings. The van der Waals surface area contributed by atoms with Gasteiger partial charge in [-0.3, -0.25) is 0 Å². The molecule has 0 aliphatic carbocycles. The maximum Gasteiger partial charge on any atom is 0.0809 e. The fourth-order valence-electron chi connectivity index (χ4n) is 0.694. The molecular weight excluding hydrogens is 154 g/mol. The van der Waals surface area contributed by atoms with E-state index in [1.807, 2.05) is 32.1 Å². The van der Waals surface area contributed by atoms with Gasteiger partial charge in [0, 0.05) is 12.7 Å². The van der Waals surface area contributed by atoms with E-state index in [1.54, 1.807) is 7.11 Å². The van der Waals surface area contributed by atoms with Crippen molar-refractivity contribution >= 4 is 6.21 Å². The number of rotatable bonds is 4. The fourth-order valence-corrected chi connectivity index (χ4v) is 0.694. The molecule has 0 saturated carbocycles. The molecule has 68 valence electrons. The first-order chi connectivity index (χ1) is 5.76. The highest BCUT2D eigenvalue weighted by atomic mass is 16.5. The predicted molar refractivity (Wildman–Crippen MR) is 49.6 cm³/mol. The summed E-state index contributed by atoms with van der Waals surface area (Å²) in [6, 6.07) is 0. The summed E-state index contributed by atoms with van der Waals surface area (Å²) >= 11 is 0. The minimum absolute atomic E-state index is 0.0582. The van der Waals surface area contributed by atoms with Gasteiger partial charge in [-0.05, 0) is 13.8 Å². The van der Waals surface area contributed by atoms with E-state index in [1.165, 1.54) is 6.21 Å². The van der Waals surface area contributed by atoms with Gasteiger partial charge in [-0.1, -0.05) is 23.4 Å². The summed E-state index contributed by atoms with van der Waals surface area (Å²) in [4.78, 5) is 0. The monoisotopic (exact) mass is 169 g/mol. The van der Waals surface area contributed by atoms with Gasteiger partial charge in [-0.2, -0.15) is 0 Å². The Morgan fingerprint density at radius 2 is 2.25 bits per heavy atom. The number of hydrogen-bond donors (Lipinski definition) is 1. The lowest BCUT2D eigenvalue weighted by Crippen LogP contribution is -2.09. The molecule has 1 N–H and O–H groups in total. The summed E-state index contributed by atoms with van der Waals surface area (Å²) < 4.78 is 5.06. The maximum atomic E-state index is 8.33. The van der Waals surface area contributed by atoms with Crippen LogP contribution < -0.4 is 0 Å². The summed E-state index contributed by atoms with van der Waals surface area (Å²) in [5, 5.41) is 11.3. The molecule has 3 heteroatoms. The number of methoxy groups -OCH3 is 1. The zero-order valence-electron chi connectivity index (χ0n) is 7.69. The van der Waals surface area contributed by atoms with Gasteiger partial charge in [0.2, 0.25) is 0 Å². The van der Waals surface area contributed by atoms with Crippen molar-refractivity contribution in [3.8, 4) is 0 Å². The topological polar surface area (TPSA) is 41.8 Å². The van der Waals surface area contributed by atoms with E-state index in [2.05, 4.69) is 5.16 Å². The Morgan fingerprint density at radius 1 is 1.58 bits per heavy atom. The minimum atomic E-state index is -0.0582. The summed E-state index contributed by atoms with van der Waals surface area (Å²) in [5.41, 5.74) is 0.832. The van der Waals surface area contributed by atoms with E-state index in [4.69, 9.17) is 9.94 Å². The minimum Gasteiger partial charge on any atom is -0.411 e. The molecule has 0 aromatic carbocycles. The Kier molecular flexibility index (Phi) is 6.01. The van der Waals surface area contributed by atoms with Crippen LogP contribution in [0.5, 0.6) is 0 Å². The van der Waals surface area contributed by atoms with Gasteiger partial charge in [-0.25, -0.2) is 0 Å². The van der Waals surface area contributed by atoms with Crippen LogP contribution in [0.2, 0.25) is 0 Å². The highest BCUT2D eigenvalue weighted by Gasteiger charge is 2.02. The predicted octanol–water partition coefficient (Wildman–Crippen LogP) is 1.98. The van der Waals surface area contributed by atoms with Crippen LogP contribution in [0.3, 0.4) is 0 Å². The van der Waals surface area contributed by atoms with Crippen LogP contribution in [0, 0.1) is 0 Å². The molecule has 3 nitrogen and oxygen atoms in total. The first-order valence-corrected chi connectivity index (χ1v) is 3.79. The van der Waals surface area contributed by atoms with Crippen molar-refractivity contribution < 1.29 is 9.94 Å². The Bertz CT molecular complexity index is 195. The van der Waals surface area contributed by atoms with Gasteiger partial charge >= 0.3 is 0 Å². The van der Waals surface area contributed by atoms with E-state index < -0.39 is 0 Å². The lowest BCUT2D eigenvalue weighted by Gasteiger charge is -2.08. The highest BCUT2D eigenvalue weighted by molar-refractivity contribution is 5.79. The normalized spacial score (nSPS) is 16.1. The average molecular weight is 169 g/mol. The van der Waals surface area contributed by atoms with Crippen molar-refractivity contribution in [3.05, 3.63) is 23.8 Å². The first kappa shape index (κ1) is 10.9. The van der Waals surface area contributed by atoms with Gasteiger partial charge < -0.3 is 9.94 Å². The summed E-state index contributed by atoms with van der Waals surface area (Å²) in [6.45, 7) is 3.80. The Labute approximate surface area is 73.0 Å². The third-order valence-corrected chi connectivity index (χ3v) is 1.51. The second-order valence-electron chi connectivity index (χ2n) is 2.31. The van der Waals surface area contributed by atoms with Crippen molar-refractivity contribution in [1.29, 1.82) is 0 Å². The lowest BCUT2D eigenvalue weighted by atomic mass is 10.1. The Morgan fingerprint density at radius 3 is 2.67 bits per heavy atom. The third kappa shape index (κ3) is 3.93. The number of oxime groups is 1. The molecule has 0 aliphatic heterocycles. The second kappa shape index (κ2) is 6.61. The molecule has 0 heterocycles. The van der Waals surface area contributed by atoms with Crippen LogP contribution in [-0.4, -0.2) is 24.6 Å². The summed E-state index contributed by atoms with van der Waals surface area (Å²) in [5.74, 6) is 0. The van der Waals surface area contributed by atoms with E-state index in [9.17, 15) is 0 Å². The van der Waals surface area contributed by atoms with Gasteiger partial charge in [-0.15, -0.1) is 0 Å². The molecule has 0 aromatic rings. The Balaban J connectivity index is 4.41. The number of hydrogen-bond acceptors (Lipinski definition) is 3. The molecule has 1 unspecified atom stereocenters. The molecule has 0 rings (SSSR count). The van der Waals surface area contributed by atoms with Crippen LogP contribution in [0.4, 0.5) is 0 Å². The van der Waals surface area contributed by atoms with Crippen molar-refractivity contribution in [3.63, 3.8) is 0 Å². The van der Waals surface area contributed by atoms with Gasteiger partial charge in [0.15, 0.2) is 0 Å². The molecule has 0 spiro atoms. The largest absolute Gasteiger partial charge is 0.411 e. The maximum absolute atomic E-state index is 8.33. The molecule has 0 aliphatic rings. The zero-order chi connectivity index (χ0) is 9.40. The van der Waals surface area contributed by atoms with E-state index in [-0.39, 0.29) is 6.10 Å². The van der Waals surface area contributed by atoms with E-state index >= 15 is 0 Å². The van der Waals surface area contributed by atoms with E-state index in [0.29, 0.717) is 0 Å². The van der Waals surface area contributed by atoms with Gasteiger partial charge in [0.1, 0.15) is 0 Å². The van der Waals surface area contributed by atoms with Gasteiger partial charge in [0.05, 0.1) is 12.3 Å². The van der Waals surface area contributed by atoms with Crippen LogP contribution in [0.15, 0.2) is 29.0 Å². The zero-order valence-corrected chi connectivity index (χ0v) is 7.69. The third-order valence-electron chi connectivity index (χ3n) is 1.51. The molecule has 0 radical (unpaired) electrons. The van der Waals surface area contributed by atoms with E-state index in [0.717, 1.165) is 5.57 Å². The van der Waals surface area contributed by atoms with Gasteiger partial charge in [0.25, 0.3) is 0 Å².